The molecule has 3 rings (SSSR count). The van der Waals surface area contributed by atoms with Crippen LogP contribution in [-0.4, -0.2) is 37.7 Å². The van der Waals surface area contributed by atoms with E-state index < -0.39 is 53.6 Å². The lowest BCUT2D eigenvalue weighted by Crippen LogP contribution is -2.37. The lowest BCUT2D eigenvalue weighted by atomic mass is 10.2. The molecule has 0 aliphatic rings. The SMILES string of the molecule is Cn1ncc2c(=O)n(CC(=O)NCC(=O)Nc3ccc(F)c(F)c3F)cnc21. The number of halogens is 3. The van der Waals surface area contributed by atoms with Gasteiger partial charge in [-0.1, -0.05) is 0 Å². The van der Waals surface area contributed by atoms with Crippen LogP contribution in [0.4, 0.5) is 18.9 Å². The van der Waals surface area contributed by atoms with Gasteiger partial charge in [-0.05, 0) is 12.1 Å². The Kier molecular flexibility index (Phi) is 5.11. The highest BCUT2D eigenvalue weighted by atomic mass is 19.2. The molecular weight excluding hydrogens is 381 g/mol. The highest BCUT2D eigenvalue weighted by Gasteiger charge is 2.16. The molecule has 0 fully saturated rings. The summed E-state index contributed by atoms with van der Waals surface area (Å²) >= 11 is 0. The molecule has 0 aliphatic carbocycles. The number of hydrogen-bond acceptors (Lipinski definition) is 5. The van der Waals surface area contributed by atoms with Gasteiger partial charge in [0, 0.05) is 7.05 Å². The first-order chi connectivity index (χ1) is 13.3. The highest BCUT2D eigenvalue weighted by molar-refractivity contribution is 5.94. The molecule has 12 heteroatoms. The first-order valence-electron chi connectivity index (χ1n) is 7.85. The van der Waals surface area contributed by atoms with E-state index in [9.17, 15) is 27.6 Å². The zero-order chi connectivity index (χ0) is 20.4. The van der Waals surface area contributed by atoms with Gasteiger partial charge in [0.25, 0.3) is 5.56 Å². The van der Waals surface area contributed by atoms with Crippen molar-refractivity contribution in [3.05, 3.63) is 52.5 Å². The second-order valence-electron chi connectivity index (χ2n) is 5.73. The van der Waals surface area contributed by atoms with Gasteiger partial charge in [-0.25, -0.2) is 18.2 Å². The van der Waals surface area contributed by atoms with Crippen molar-refractivity contribution >= 4 is 28.5 Å². The van der Waals surface area contributed by atoms with Crippen molar-refractivity contribution < 1.29 is 22.8 Å². The van der Waals surface area contributed by atoms with Crippen LogP contribution in [0.5, 0.6) is 0 Å². The van der Waals surface area contributed by atoms with Crippen LogP contribution in [0.1, 0.15) is 0 Å². The maximum Gasteiger partial charge on any atom is 0.264 e. The van der Waals surface area contributed by atoms with Crippen LogP contribution in [0.15, 0.2) is 29.5 Å². The minimum Gasteiger partial charge on any atom is -0.345 e. The summed E-state index contributed by atoms with van der Waals surface area (Å²) in [6.45, 7) is -0.988. The largest absolute Gasteiger partial charge is 0.345 e. The molecule has 146 valence electrons. The number of hydrogen-bond donors (Lipinski definition) is 2. The summed E-state index contributed by atoms with van der Waals surface area (Å²) in [5.41, 5.74) is -0.697. The minimum atomic E-state index is -1.72. The van der Waals surface area contributed by atoms with Gasteiger partial charge in [-0.15, -0.1) is 0 Å². The van der Waals surface area contributed by atoms with Crippen molar-refractivity contribution in [2.24, 2.45) is 7.05 Å². The molecule has 1 aromatic carbocycles. The van der Waals surface area contributed by atoms with Crippen molar-refractivity contribution in [2.45, 2.75) is 6.54 Å². The van der Waals surface area contributed by atoms with E-state index in [1.807, 2.05) is 5.32 Å². The molecule has 0 spiro atoms. The summed E-state index contributed by atoms with van der Waals surface area (Å²) in [5, 5.41) is 8.36. The molecule has 0 bridgehead atoms. The lowest BCUT2D eigenvalue weighted by molar-refractivity contribution is -0.124. The zero-order valence-electron chi connectivity index (χ0n) is 14.4. The number of nitrogens with one attached hydrogen (secondary N) is 2. The van der Waals surface area contributed by atoms with Crippen LogP contribution >= 0.6 is 0 Å². The van der Waals surface area contributed by atoms with Crippen molar-refractivity contribution in [2.75, 3.05) is 11.9 Å². The van der Waals surface area contributed by atoms with Crippen molar-refractivity contribution in [3.8, 4) is 0 Å². The van der Waals surface area contributed by atoms with E-state index in [0.717, 1.165) is 10.6 Å². The van der Waals surface area contributed by atoms with Crippen LogP contribution in [0.3, 0.4) is 0 Å². The molecule has 3 aromatic rings. The molecule has 2 aromatic heterocycles. The summed E-state index contributed by atoms with van der Waals surface area (Å²) in [6, 6.07) is 1.50. The number of rotatable bonds is 5. The molecule has 0 saturated heterocycles. The molecule has 0 aliphatic heterocycles. The number of benzene rings is 1. The third-order valence-corrected chi connectivity index (χ3v) is 3.79. The van der Waals surface area contributed by atoms with E-state index in [1.54, 1.807) is 7.05 Å². The molecule has 0 radical (unpaired) electrons. The number of nitrogens with zero attached hydrogens (tertiary/aromatic N) is 4. The fraction of sp³-hybridized carbons (Fsp3) is 0.188. The molecule has 28 heavy (non-hydrogen) atoms. The number of fused-ring (bicyclic) bond motifs is 1. The average molecular weight is 394 g/mol. The number of amides is 2. The molecule has 2 heterocycles. The van der Waals surface area contributed by atoms with Gasteiger partial charge in [0.2, 0.25) is 11.8 Å². The predicted octanol–water partition coefficient (Wildman–Crippen LogP) is 0.302. The maximum atomic E-state index is 13.5. The summed E-state index contributed by atoms with van der Waals surface area (Å²) in [5.74, 6) is -6.23. The van der Waals surface area contributed by atoms with Gasteiger partial charge in [0.15, 0.2) is 23.1 Å². The summed E-state index contributed by atoms with van der Waals surface area (Å²) in [7, 11) is 1.61. The van der Waals surface area contributed by atoms with Gasteiger partial charge in [-0.3, -0.25) is 23.6 Å². The van der Waals surface area contributed by atoms with E-state index in [1.165, 1.54) is 17.2 Å². The normalized spacial score (nSPS) is 10.9. The fourth-order valence-corrected chi connectivity index (χ4v) is 2.39. The van der Waals surface area contributed by atoms with E-state index in [2.05, 4.69) is 15.4 Å². The van der Waals surface area contributed by atoms with E-state index in [-0.39, 0.29) is 5.39 Å². The Labute approximate surface area is 154 Å². The Bertz CT molecular complexity index is 1140. The summed E-state index contributed by atoms with van der Waals surface area (Å²) in [6.07, 6.45) is 2.49. The molecule has 9 nitrogen and oxygen atoms in total. The Morgan fingerprint density at radius 1 is 1.14 bits per heavy atom. The number of aryl methyl sites for hydroxylation is 1. The van der Waals surface area contributed by atoms with Gasteiger partial charge in [0.05, 0.1) is 18.4 Å². The topological polar surface area (TPSA) is 111 Å². The summed E-state index contributed by atoms with van der Waals surface area (Å²) < 4.78 is 42.0. The smallest absolute Gasteiger partial charge is 0.264 e. The van der Waals surface area contributed by atoms with Gasteiger partial charge >= 0.3 is 0 Å². The first-order valence-corrected chi connectivity index (χ1v) is 7.85. The molecule has 0 atom stereocenters. The number of anilines is 1. The number of carbonyl (C=O) groups is 2. The van der Waals surface area contributed by atoms with E-state index >= 15 is 0 Å². The molecule has 0 saturated carbocycles. The van der Waals surface area contributed by atoms with Crippen LogP contribution in [0, 0.1) is 17.5 Å². The second-order valence-corrected chi connectivity index (χ2v) is 5.73. The van der Waals surface area contributed by atoms with E-state index in [4.69, 9.17) is 0 Å². The quantitative estimate of drug-likeness (QED) is 0.605. The monoisotopic (exact) mass is 394 g/mol. The Hall–Kier alpha value is -3.70. The fourth-order valence-electron chi connectivity index (χ4n) is 2.39. The van der Waals surface area contributed by atoms with Crippen molar-refractivity contribution in [1.82, 2.24) is 24.6 Å². The predicted molar refractivity (Wildman–Crippen MR) is 90.7 cm³/mol. The van der Waals surface area contributed by atoms with E-state index in [0.29, 0.717) is 11.7 Å². The van der Waals surface area contributed by atoms with Gasteiger partial charge in [0.1, 0.15) is 18.3 Å². The second kappa shape index (κ2) is 7.50. The number of carbonyl (C=O) groups excluding carboxylic acids is 2. The molecule has 2 amide bonds. The van der Waals surface area contributed by atoms with Crippen LogP contribution < -0.4 is 16.2 Å². The molecular formula is C16H13F3N6O3. The van der Waals surface area contributed by atoms with Gasteiger partial charge < -0.3 is 10.6 Å². The highest BCUT2D eigenvalue weighted by Crippen LogP contribution is 2.19. The first kappa shape index (κ1) is 19.1. The molecule has 0 unspecified atom stereocenters. The summed E-state index contributed by atoms with van der Waals surface area (Å²) in [4.78, 5) is 40.0. The van der Waals surface area contributed by atoms with Gasteiger partial charge in [-0.2, -0.15) is 5.10 Å². The standard InChI is InChI=1S/C16H13F3N6O3/c1-24-15-8(4-22-24)16(28)25(7-21-15)6-12(27)20-5-11(26)23-10-3-2-9(17)13(18)14(10)19/h2-4,7H,5-6H2,1H3,(H,20,27)(H,23,26). The van der Waals surface area contributed by atoms with Crippen LogP contribution in [0.2, 0.25) is 0 Å². The molecule has 2 N–H and O–H groups in total. The maximum absolute atomic E-state index is 13.5. The van der Waals surface area contributed by atoms with Crippen molar-refractivity contribution in [3.63, 3.8) is 0 Å². The Balaban J connectivity index is 1.60. The number of aromatic nitrogens is 4. The minimum absolute atomic E-state index is 0.226. The van der Waals surface area contributed by atoms with Crippen LogP contribution in [-0.2, 0) is 23.2 Å². The Morgan fingerprint density at radius 2 is 1.89 bits per heavy atom. The van der Waals surface area contributed by atoms with Crippen LogP contribution in [0.25, 0.3) is 11.0 Å². The Morgan fingerprint density at radius 3 is 2.64 bits per heavy atom. The average Bonchev–Trinajstić information content (AvgIpc) is 3.04. The zero-order valence-corrected chi connectivity index (χ0v) is 14.4. The lowest BCUT2D eigenvalue weighted by Gasteiger charge is -2.09. The third kappa shape index (κ3) is 3.70. The third-order valence-electron chi connectivity index (χ3n) is 3.79. The van der Waals surface area contributed by atoms with Crippen molar-refractivity contribution in [1.29, 1.82) is 0 Å².